The van der Waals surface area contributed by atoms with Crippen molar-refractivity contribution < 1.29 is 4.79 Å². The van der Waals surface area contributed by atoms with Gasteiger partial charge in [0.25, 0.3) is 0 Å². The molecule has 0 N–H and O–H groups in total. The SMILES string of the molecule is O=Cc1ccc2sc(C3CCCC3)nc2c1. The van der Waals surface area contributed by atoms with Crippen LogP contribution in [0.5, 0.6) is 0 Å². The number of fused-ring (bicyclic) bond motifs is 1. The lowest BCUT2D eigenvalue weighted by Crippen LogP contribution is -1.89. The normalized spacial score (nSPS) is 17.0. The van der Waals surface area contributed by atoms with Crippen LogP contribution in [-0.2, 0) is 0 Å². The van der Waals surface area contributed by atoms with E-state index in [9.17, 15) is 4.79 Å². The Labute approximate surface area is 98.3 Å². The average Bonchev–Trinajstić information content (AvgIpc) is 2.96. The van der Waals surface area contributed by atoms with Crippen molar-refractivity contribution in [3.63, 3.8) is 0 Å². The van der Waals surface area contributed by atoms with Crippen LogP contribution >= 0.6 is 11.3 Å². The minimum Gasteiger partial charge on any atom is -0.298 e. The Morgan fingerprint density at radius 3 is 2.88 bits per heavy atom. The Balaban J connectivity index is 2.04. The summed E-state index contributed by atoms with van der Waals surface area (Å²) in [6, 6.07) is 5.76. The monoisotopic (exact) mass is 231 g/mol. The fraction of sp³-hybridized carbons (Fsp3) is 0.385. The number of hydrogen-bond donors (Lipinski definition) is 0. The highest BCUT2D eigenvalue weighted by atomic mass is 32.1. The first-order chi connectivity index (χ1) is 7.86. The predicted octanol–water partition coefficient (Wildman–Crippen LogP) is 3.77. The number of thiazole rings is 1. The van der Waals surface area contributed by atoms with Crippen molar-refractivity contribution >= 4 is 27.8 Å². The van der Waals surface area contributed by atoms with Crippen molar-refractivity contribution in [3.05, 3.63) is 28.8 Å². The Morgan fingerprint density at radius 2 is 2.12 bits per heavy atom. The summed E-state index contributed by atoms with van der Waals surface area (Å²) in [5, 5.41) is 1.26. The number of hydrogen-bond acceptors (Lipinski definition) is 3. The predicted molar refractivity (Wildman–Crippen MR) is 66.2 cm³/mol. The topological polar surface area (TPSA) is 30.0 Å². The van der Waals surface area contributed by atoms with Gasteiger partial charge in [-0.25, -0.2) is 4.98 Å². The molecule has 1 aliphatic rings. The van der Waals surface area contributed by atoms with E-state index in [2.05, 4.69) is 4.98 Å². The molecule has 0 saturated heterocycles. The van der Waals surface area contributed by atoms with Crippen LogP contribution in [0.2, 0.25) is 0 Å². The molecule has 1 fully saturated rings. The van der Waals surface area contributed by atoms with Crippen LogP contribution in [0.1, 0.15) is 47.0 Å². The maximum Gasteiger partial charge on any atom is 0.150 e. The number of aromatic nitrogens is 1. The van der Waals surface area contributed by atoms with Gasteiger partial charge in [-0.05, 0) is 25.0 Å². The minimum absolute atomic E-state index is 0.664. The van der Waals surface area contributed by atoms with Gasteiger partial charge in [-0.2, -0.15) is 0 Å². The van der Waals surface area contributed by atoms with Crippen LogP contribution in [-0.4, -0.2) is 11.3 Å². The fourth-order valence-electron chi connectivity index (χ4n) is 2.38. The zero-order chi connectivity index (χ0) is 11.0. The molecular weight excluding hydrogens is 218 g/mol. The molecule has 2 aromatic rings. The molecule has 82 valence electrons. The second kappa shape index (κ2) is 3.98. The molecule has 0 atom stereocenters. The highest BCUT2D eigenvalue weighted by Crippen LogP contribution is 2.37. The number of benzene rings is 1. The lowest BCUT2D eigenvalue weighted by Gasteiger charge is -2.01. The van der Waals surface area contributed by atoms with E-state index in [4.69, 9.17) is 0 Å². The second-order valence-corrected chi connectivity index (χ2v) is 5.44. The smallest absolute Gasteiger partial charge is 0.150 e. The van der Waals surface area contributed by atoms with E-state index in [0.29, 0.717) is 5.92 Å². The van der Waals surface area contributed by atoms with E-state index in [0.717, 1.165) is 17.4 Å². The van der Waals surface area contributed by atoms with Gasteiger partial charge in [0.15, 0.2) is 0 Å². The summed E-state index contributed by atoms with van der Waals surface area (Å²) in [5.41, 5.74) is 1.70. The molecule has 0 spiro atoms. The molecule has 0 unspecified atom stereocenters. The summed E-state index contributed by atoms with van der Waals surface area (Å²) < 4.78 is 1.20. The fourth-order valence-corrected chi connectivity index (χ4v) is 3.50. The first-order valence-electron chi connectivity index (χ1n) is 5.72. The summed E-state index contributed by atoms with van der Waals surface area (Å²) in [7, 11) is 0. The van der Waals surface area contributed by atoms with Crippen molar-refractivity contribution in [2.45, 2.75) is 31.6 Å². The zero-order valence-corrected chi connectivity index (χ0v) is 9.80. The van der Waals surface area contributed by atoms with Crippen LogP contribution < -0.4 is 0 Å². The molecule has 1 aliphatic carbocycles. The van der Waals surface area contributed by atoms with Crippen LogP contribution in [0.25, 0.3) is 10.2 Å². The van der Waals surface area contributed by atoms with Gasteiger partial charge in [-0.3, -0.25) is 4.79 Å². The van der Waals surface area contributed by atoms with Gasteiger partial charge in [0.1, 0.15) is 6.29 Å². The van der Waals surface area contributed by atoms with Gasteiger partial charge in [0, 0.05) is 11.5 Å². The van der Waals surface area contributed by atoms with Crippen LogP contribution in [0.3, 0.4) is 0 Å². The average molecular weight is 231 g/mol. The number of carbonyl (C=O) groups is 1. The molecule has 1 saturated carbocycles. The van der Waals surface area contributed by atoms with Crippen molar-refractivity contribution in [1.82, 2.24) is 4.98 Å². The quantitative estimate of drug-likeness (QED) is 0.736. The molecule has 1 aromatic carbocycles. The molecule has 3 heteroatoms. The molecule has 1 aromatic heterocycles. The van der Waals surface area contributed by atoms with Crippen LogP contribution in [0, 0.1) is 0 Å². The summed E-state index contributed by atoms with van der Waals surface area (Å²) in [4.78, 5) is 15.4. The van der Waals surface area contributed by atoms with E-state index in [1.807, 2.05) is 18.2 Å². The van der Waals surface area contributed by atoms with Crippen molar-refractivity contribution in [2.24, 2.45) is 0 Å². The van der Waals surface area contributed by atoms with Gasteiger partial charge >= 0.3 is 0 Å². The highest BCUT2D eigenvalue weighted by Gasteiger charge is 2.20. The lowest BCUT2D eigenvalue weighted by molar-refractivity contribution is 0.112. The minimum atomic E-state index is 0.664. The standard InChI is InChI=1S/C13H13NOS/c15-8-9-5-6-12-11(7-9)14-13(16-12)10-3-1-2-4-10/h5-8,10H,1-4H2. The maximum atomic E-state index is 10.7. The van der Waals surface area contributed by atoms with Crippen molar-refractivity contribution in [1.29, 1.82) is 0 Å². The van der Waals surface area contributed by atoms with E-state index >= 15 is 0 Å². The van der Waals surface area contributed by atoms with Crippen LogP contribution in [0.15, 0.2) is 18.2 Å². The summed E-state index contributed by atoms with van der Waals surface area (Å²) in [6.07, 6.45) is 6.11. The molecule has 1 heterocycles. The Bertz CT molecular complexity index is 526. The Hall–Kier alpha value is -1.22. The molecule has 2 nitrogen and oxygen atoms in total. The zero-order valence-electron chi connectivity index (χ0n) is 8.98. The molecule has 0 radical (unpaired) electrons. The third kappa shape index (κ3) is 1.65. The summed E-state index contributed by atoms with van der Waals surface area (Å²) in [6.45, 7) is 0. The summed E-state index contributed by atoms with van der Waals surface area (Å²) in [5.74, 6) is 0.664. The Kier molecular flexibility index (Phi) is 2.48. The Morgan fingerprint density at radius 1 is 1.31 bits per heavy atom. The van der Waals surface area contributed by atoms with E-state index in [1.54, 1.807) is 11.3 Å². The molecule has 16 heavy (non-hydrogen) atoms. The van der Waals surface area contributed by atoms with Gasteiger partial charge < -0.3 is 0 Å². The summed E-state index contributed by atoms with van der Waals surface area (Å²) >= 11 is 1.79. The molecule has 0 aliphatic heterocycles. The lowest BCUT2D eigenvalue weighted by atomic mass is 10.1. The molecule has 3 rings (SSSR count). The van der Waals surface area contributed by atoms with E-state index in [-0.39, 0.29) is 0 Å². The van der Waals surface area contributed by atoms with Gasteiger partial charge in [0.05, 0.1) is 15.2 Å². The largest absolute Gasteiger partial charge is 0.298 e. The second-order valence-electron chi connectivity index (χ2n) is 4.38. The van der Waals surface area contributed by atoms with Gasteiger partial charge in [-0.15, -0.1) is 11.3 Å². The van der Waals surface area contributed by atoms with E-state index in [1.165, 1.54) is 35.4 Å². The third-order valence-corrected chi connectivity index (χ3v) is 4.47. The van der Waals surface area contributed by atoms with Crippen molar-refractivity contribution in [3.8, 4) is 0 Å². The first kappa shape index (κ1) is 9.97. The third-order valence-electron chi connectivity index (χ3n) is 3.27. The highest BCUT2D eigenvalue weighted by molar-refractivity contribution is 7.18. The molecule has 0 bridgehead atoms. The number of aldehydes is 1. The van der Waals surface area contributed by atoms with Gasteiger partial charge in [-0.1, -0.05) is 18.9 Å². The molecular formula is C13H13NOS. The first-order valence-corrected chi connectivity index (χ1v) is 6.54. The van der Waals surface area contributed by atoms with E-state index < -0.39 is 0 Å². The number of rotatable bonds is 2. The maximum absolute atomic E-state index is 10.7. The molecule has 0 amide bonds. The van der Waals surface area contributed by atoms with Crippen molar-refractivity contribution in [2.75, 3.05) is 0 Å². The van der Waals surface area contributed by atoms with Gasteiger partial charge in [0.2, 0.25) is 0 Å². The van der Waals surface area contributed by atoms with Crippen LogP contribution in [0.4, 0.5) is 0 Å². The number of carbonyl (C=O) groups excluding carboxylic acids is 1. The number of nitrogens with zero attached hydrogens (tertiary/aromatic N) is 1.